The van der Waals surface area contributed by atoms with Crippen molar-refractivity contribution in [3.05, 3.63) is 28.2 Å². The molecule has 5 aliphatic carbocycles. The zero-order valence-corrected chi connectivity index (χ0v) is 22.9. The highest BCUT2D eigenvalue weighted by Gasteiger charge is 2.80. The molecule has 8 atom stereocenters. The summed E-state index contributed by atoms with van der Waals surface area (Å²) in [5.74, 6) is 1.24. The maximum absolute atomic E-state index is 12.9. The van der Waals surface area contributed by atoms with Gasteiger partial charge in [-0.1, -0.05) is 26.3 Å². The minimum absolute atomic E-state index is 0.000616. The maximum Gasteiger partial charge on any atom is 0.323 e. The van der Waals surface area contributed by atoms with E-state index in [0.717, 1.165) is 51.0 Å². The van der Waals surface area contributed by atoms with Gasteiger partial charge in [0.05, 0.1) is 6.61 Å². The quantitative estimate of drug-likeness (QED) is 0.382. The summed E-state index contributed by atoms with van der Waals surface area (Å²) >= 11 is 0. The topological polar surface area (TPSA) is 103 Å². The molecule has 0 aromatic heterocycles. The summed E-state index contributed by atoms with van der Waals surface area (Å²) in [6.45, 7) is 6.53. The number of likely N-dealkylation sites (tertiary alicyclic amines) is 1. The number of benzene rings is 1. The van der Waals surface area contributed by atoms with E-state index in [2.05, 4.69) is 16.1 Å². The van der Waals surface area contributed by atoms with E-state index >= 15 is 0 Å². The molecule has 1 aromatic rings. The van der Waals surface area contributed by atoms with E-state index in [4.69, 9.17) is 19.9 Å². The van der Waals surface area contributed by atoms with Gasteiger partial charge >= 0.3 is 5.97 Å². The summed E-state index contributed by atoms with van der Waals surface area (Å²) < 4.78 is 19.3. The SMILES string of the molecule is CC[C@H](C)[C@H](N)C(=O)OC[C@H]1C[C@@]23CC[C@]1(OC)[C@@H]1Oc4c(N=O)ccc5c4[C@@]12CCN(CC1CC1)[C@@H]3C5. The number of carbonyl (C=O) groups is 1. The van der Waals surface area contributed by atoms with Crippen molar-refractivity contribution in [2.24, 2.45) is 34.1 Å². The first kappa shape index (κ1) is 25.0. The zero-order valence-electron chi connectivity index (χ0n) is 22.9. The lowest BCUT2D eigenvalue weighted by Gasteiger charge is -2.73. The fraction of sp³-hybridized carbons (Fsp3) is 0.767. The minimum Gasteiger partial charge on any atom is -0.484 e. The Hall–Kier alpha value is -2.03. The Kier molecular flexibility index (Phi) is 5.57. The minimum atomic E-state index is -0.623. The van der Waals surface area contributed by atoms with Gasteiger partial charge in [0, 0.05) is 42.0 Å². The number of nitrogens with zero attached hydrogens (tertiary/aromatic N) is 2. The molecule has 1 saturated heterocycles. The molecule has 206 valence electrons. The third kappa shape index (κ3) is 3.00. The van der Waals surface area contributed by atoms with Crippen LogP contribution in [-0.4, -0.2) is 61.5 Å². The first-order valence-electron chi connectivity index (χ1n) is 14.7. The third-order valence-corrected chi connectivity index (χ3v) is 11.9. The first-order chi connectivity index (χ1) is 18.3. The van der Waals surface area contributed by atoms with Crippen LogP contribution >= 0.6 is 0 Å². The molecule has 2 aliphatic heterocycles. The van der Waals surface area contributed by atoms with Gasteiger partial charge in [-0.05, 0) is 80.1 Å². The highest BCUT2D eigenvalue weighted by molar-refractivity contribution is 5.76. The van der Waals surface area contributed by atoms with Crippen molar-refractivity contribution in [1.29, 1.82) is 0 Å². The molecule has 4 saturated carbocycles. The number of nitroso groups, excluding NO2 is 1. The van der Waals surface area contributed by atoms with Crippen molar-refractivity contribution in [3.63, 3.8) is 0 Å². The Labute approximate surface area is 224 Å². The number of fused-ring (bicyclic) bond motifs is 2. The zero-order chi connectivity index (χ0) is 26.4. The van der Waals surface area contributed by atoms with Gasteiger partial charge in [0.1, 0.15) is 23.4 Å². The molecule has 7 aliphatic rings. The molecule has 0 radical (unpaired) electrons. The van der Waals surface area contributed by atoms with E-state index in [9.17, 15) is 9.70 Å². The number of ether oxygens (including phenoxy) is 3. The Morgan fingerprint density at radius 2 is 2.11 bits per heavy atom. The van der Waals surface area contributed by atoms with E-state index in [1.807, 2.05) is 19.9 Å². The Morgan fingerprint density at radius 3 is 2.82 bits per heavy atom. The van der Waals surface area contributed by atoms with Crippen LogP contribution in [0.5, 0.6) is 5.75 Å². The van der Waals surface area contributed by atoms with E-state index in [0.29, 0.717) is 17.5 Å². The highest BCUT2D eigenvalue weighted by Crippen LogP contribution is 2.76. The Morgan fingerprint density at radius 1 is 1.29 bits per heavy atom. The van der Waals surface area contributed by atoms with Crippen molar-refractivity contribution < 1.29 is 19.0 Å². The van der Waals surface area contributed by atoms with Gasteiger partial charge in [0.15, 0.2) is 5.75 Å². The van der Waals surface area contributed by atoms with Crippen LogP contribution in [0.3, 0.4) is 0 Å². The summed E-state index contributed by atoms with van der Waals surface area (Å²) in [5, 5.41) is 3.39. The van der Waals surface area contributed by atoms with Gasteiger partial charge in [0.25, 0.3) is 0 Å². The third-order valence-electron chi connectivity index (χ3n) is 11.9. The van der Waals surface area contributed by atoms with E-state index in [1.54, 1.807) is 7.11 Å². The molecule has 5 fully saturated rings. The van der Waals surface area contributed by atoms with E-state index in [1.165, 1.54) is 30.5 Å². The van der Waals surface area contributed by atoms with Crippen LogP contribution in [-0.2, 0) is 26.1 Å². The molecule has 1 aromatic carbocycles. The predicted octanol–water partition coefficient (Wildman–Crippen LogP) is 4.23. The molecule has 2 N–H and O–H groups in total. The fourth-order valence-corrected chi connectivity index (χ4v) is 9.58. The molecule has 8 rings (SSSR count). The number of rotatable bonds is 9. The molecule has 0 amide bonds. The molecule has 2 heterocycles. The lowest BCUT2D eigenvalue weighted by Crippen LogP contribution is -2.81. The smallest absolute Gasteiger partial charge is 0.323 e. The van der Waals surface area contributed by atoms with Crippen LogP contribution in [0.25, 0.3) is 0 Å². The van der Waals surface area contributed by atoms with Gasteiger partial charge in [-0.15, -0.1) is 4.91 Å². The van der Waals surface area contributed by atoms with Crippen LogP contribution in [0.2, 0.25) is 0 Å². The molecule has 2 spiro atoms. The lowest BCUT2D eigenvalue weighted by atomic mass is 9.35. The van der Waals surface area contributed by atoms with Crippen LogP contribution in [0.1, 0.15) is 69.9 Å². The second-order valence-corrected chi connectivity index (χ2v) is 13.2. The average molecular weight is 524 g/mol. The van der Waals surface area contributed by atoms with Gasteiger partial charge in [-0.2, -0.15) is 0 Å². The number of piperidine rings is 1. The predicted molar refractivity (Wildman–Crippen MR) is 142 cm³/mol. The van der Waals surface area contributed by atoms with Gasteiger partial charge in [-0.3, -0.25) is 9.69 Å². The van der Waals surface area contributed by atoms with Gasteiger partial charge in [-0.25, -0.2) is 0 Å². The first-order valence-corrected chi connectivity index (χ1v) is 14.7. The Balaban J connectivity index is 1.31. The van der Waals surface area contributed by atoms with Crippen molar-refractivity contribution in [2.45, 2.75) is 94.4 Å². The fourth-order valence-electron chi connectivity index (χ4n) is 9.58. The summed E-state index contributed by atoms with van der Waals surface area (Å²) in [7, 11) is 1.78. The van der Waals surface area contributed by atoms with Gasteiger partial charge in [0.2, 0.25) is 0 Å². The number of esters is 1. The molecule has 8 nitrogen and oxygen atoms in total. The van der Waals surface area contributed by atoms with Crippen molar-refractivity contribution in [1.82, 2.24) is 4.90 Å². The summed E-state index contributed by atoms with van der Waals surface area (Å²) in [5.41, 5.74) is 8.36. The van der Waals surface area contributed by atoms with E-state index in [-0.39, 0.29) is 41.3 Å². The number of nitrogens with two attached hydrogens (primary N) is 1. The molecule has 8 heteroatoms. The van der Waals surface area contributed by atoms with Crippen molar-refractivity contribution in [2.75, 3.05) is 26.8 Å². The monoisotopic (exact) mass is 523 g/mol. The largest absolute Gasteiger partial charge is 0.484 e. The van der Waals surface area contributed by atoms with Crippen LogP contribution < -0.4 is 10.5 Å². The number of methoxy groups -OCH3 is 1. The second kappa shape index (κ2) is 8.48. The summed E-state index contributed by atoms with van der Waals surface area (Å²) in [6.07, 6.45) is 8.09. The molecule has 0 unspecified atom stereocenters. The molecule has 4 bridgehead atoms. The van der Waals surface area contributed by atoms with Crippen LogP contribution in [0.15, 0.2) is 17.3 Å². The molecular weight excluding hydrogens is 482 g/mol. The number of hydrogen-bond acceptors (Lipinski definition) is 8. The lowest BCUT2D eigenvalue weighted by molar-refractivity contribution is -0.282. The molecular formula is C30H41N3O5. The number of hydrogen-bond donors (Lipinski definition) is 1. The highest BCUT2D eigenvalue weighted by atomic mass is 16.6. The van der Waals surface area contributed by atoms with Crippen LogP contribution in [0, 0.1) is 28.1 Å². The summed E-state index contributed by atoms with van der Waals surface area (Å²) in [6, 6.07) is 3.75. The average Bonchev–Trinajstić information content (AvgIpc) is 3.69. The summed E-state index contributed by atoms with van der Waals surface area (Å²) in [4.78, 5) is 27.6. The van der Waals surface area contributed by atoms with Crippen molar-refractivity contribution >= 4 is 11.7 Å². The van der Waals surface area contributed by atoms with Gasteiger partial charge < -0.3 is 19.9 Å². The molecule has 38 heavy (non-hydrogen) atoms. The second-order valence-electron chi connectivity index (χ2n) is 13.2. The number of carbonyl (C=O) groups excluding carboxylic acids is 1. The maximum atomic E-state index is 12.9. The van der Waals surface area contributed by atoms with E-state index < -0.39 is 11.6 Å². The Bertz CT molecular complexity index is 1170. The normalized spacial score (nSPS) is 39.7. The standard InChI is InChI=1S/C30H41N3O5/c1-4-17(2)24(31)26(34)37-16-20-14-28-9-10-30(20,36-3)27-29(28)11-12-33(15-18-5-6-18)22(28)13-19-7-8-21(32-35)25(38-27)23(19)29/h7-8,17-18,20,22,24,27H,4-6,9-16,31H2,1-3H3/t17-,20+,22+,24-,27+,28+,29-,30+/m0/s1. The van der Waals surface area contributed by atoms with Crippen molar-refractivity contribution in [3.8, 4) is 5.75 Å². The van der Waals surface area contributed by atoms with Crippen LogP contribution in [0.4, 0.5) is 5.69 Å².